The van der Waals surface area contributed by atoms with Crippen LogP contribution in [0.3, 0.4) is 0 Å². The van der Waals surface area contributed by atoms with Gasteiger partial charge in [-0.1, -0.05) is 29.8 Å². The van der Waals surface area contributed by atoms with Crippen LogP contribution in [0, 0.1) is 0 Å². The van der Waals surface area contributed by atoms with Crippen LogP contribution < -0.4 is 4.74 Å². The van der Waals surface area contributed by atoms with E-state index in [4.69, 9.17) is 16.3 Å². The molecule has 0 bridgehead atoms. The number of para-hydroxylation sites is 1. The normalized spacial score (nSPS) is 11.6. The van der Waals surface area contributed by atoms with Gasteiger partial charge in [0.15, 0.2) is 9.84 Å². The van der Waals surface area contributed by atoms with Crippen molar-refractivity contribution in [2.45, 2.75) is 30.6 Å². The fourth-order valence-corrected chi connectivity index (χ4v) is 3.41. The smallest absolute Gasteiger partial charge is 0.182 e. The van der Waals surface area contributed by atoms with Crippen molar-refractivity contribution in [3.05, 3.63) is 59.1 Å². The number of hydrogen-bond acceptors (Lipinski definition) is 3. The van der Waals surface area contributed by atoms with E-state index in [-0.39, 0.29) is 16.8 Å². The first kappa shape index (κ1) is 15.9. The zero-order chi connectivity index (χ0) is 15.5. The van der Waals surface area contributed by atoms with Crippen LogP contribution in [0.1, 0.15) is 19.4 Å². The first-order chi connectivity index (χ1) is 9.88. The first-order valence-electron chi connectivity index (χ1n) is 6.61. The summed E-state index contributed by atoms with van der Waals surface area (Å²) in [5, 5.41) is 0.512. The van der Waals surface area contributed by atoms with E-state index in [0.29, 0.717) is 16.3 Å². The highest BCUT2D eigenvalue weighted by Crippen LogP contribution is 2.25. The number of benzene rings is 2. The second-order valence-electron chi connectivity index (χ2n) is 4.99. The van der Waals surface area contributed by atoms with Gasteiger partial charge in [0.05, 0.1) is 16.8 Å². The summed E-state index contributed by atoms with van der Waals surface area (Å²) in [6.07, 6.45) is -0.00983. The Labute approximate surface area is 130 Å². The summed E-state index contributed by atoms with van der Waals surface area (Å²) in [7, 11) is -3.43. The van der Waals surface area contributed by atoms with Gasteiger partial charge >= 0.3 is 0 Å². The van der Waals surface area contributed by atoms with Gasteiger partial charge < -0.3 is 4.74 Å². The molecule has 0 spiro atoms. The monoisotopic (exact) mass is 324 g/mol. The van der Waals surface area contributed by atoms with Crippen LogP contribution >= 0.6 is 11.6 Å². The van der Waals surface area contributed by atoms with Gasteiger partial charge in [-0.25, -0.2) is 8.42 Å². The molecular weight excluding hydrogens is 308 g/mol. The molecule has 0 saturated carbocycles. The molecule has 3 nitrogen and oxygen atoms in total. The highest BCUT2D eigenvalue weighted by molar-refractivity contribution is 7.90. The number of halogens is 1. The van der Waals surface area contributed by atoms with Crippen molar-refractivity contribution in [3.63, 3.8) is 0 Å². The minimum atomic E-state index is -3.43. The Hall–Kier alpha value is -1.52. The maximum atomic E-state index is 12.5. The van der Waals surface area contributed by atoms with Crippen LogP contribution in [0.5, 0.6) is 5.75 Å². The van der Waals surface area contributed by atoms with Crippen molar-refractivity contribution >= 4 is 21.4 Å². The lowest BCUT2D eigenvalue weighted by Gasteiger charge is -2.14. The molecule has 0 aliphatic heterocycles. The average Bonchev–Trinajstić information content (AvgIpc) is 2.40. The van der Waals surface area contributed by atoms with Crippen molar-refractivity contribution in [1.29, 1.82) is 0 Å². The Morgan fingerprint density at radius 2 is 1.67 bits per heavy atom. The molecule has 0 aliphatic carbocycles. The number of rotatable bonds is 5. The van der Waals surface area contributed by atoms with Gasteiger partial charge in [-0.15, -0.1) is 0 Å². The van der Waals surface area contributed by atoms with Gasteiger partial charge in [-0.2, -0.15) is 0 Å². The molecule has 2 aromatic rings. The molecule has 112 valence electrons. The Morgan fingerprint density at radius 3 is 2.29 bits per heavy atom. The molecule has 0 fully saturated rings. The molecule has 0 aromatic heterocycles. The van der Waals surface area contributed by atoms with Crippen molar-refractivity contribution in [2.75, 3.05) is 0 Å². The third-order valence-electron chi connectivity index (χ3n) is 2.85. The van der Waals surface area contributed by atoms with Crippen LogP contribution in [0.15, 0.2) is 53.4 Å². The largest absolute Gasteiger partial charge is 0.491 e. The lowest BCUT2D eigenvalue weighted by atomic mass is 10.2. The maximum Gasteiger partial charge on any atom is 0.182 e. The van der Waals surface area contributed by atoms with Crippen LogP contribution in [0.25, 0.3) is 0 Å². The topological polar surface area (TPSA) is 43.4 Å². The Kier molecular flexibility index (Phi) is 4.91. The standard InChI is InChI=1S/C16H17ClO3S/c1-12(2)20-16-6-4-3-5-13(16)11-21(18,19)15-9-7-14(17)8-10-15/h3-10,12H,11H2,1-2H3. The predicted molar refractivity (Wildman–Crippen MR) is 84.5 cm³/mol. The number of sulfone groups is 1. The summed E-state index contributed by atoms with van der Waals surface area (Å²) < 4.78 is 30.6. The summed E-state index contributed by atoms with van der Waals surface area (Å²) in [6, 6.07) is 13.4. The number of hydrogen-bond donors (Lipinski definition) is 0. The molecular formula is C16H17ClO3S. The quantitative estimate of drug-likeness (QED) is 0.831. The summed E-state index contributed by atoms with van der Waals surface area (Å²) >= 11 is 5.79. The van der Waals surface area contributed by atoms with E-state index in [1.165, 1.54) is 12.1 Å². The molecule has 0 radical (unpaired) electrons. The van der Waals surface area contributed by atoms with Gasteiger partial charge in [0.1, 0.15) is 5.75 Å². The van der Waals surface area contributed by atoms with Crippen LogP contribution in [0.4, 0.5) is 0 Å². The molecule has 2 rings (SSSR count). The van der Waals surface area contributed by atoms with Crippen molar-refractivity contribution in [2.24, 2.45) is 0 Å². The molecule has 0 heterocycles. The van der Waals surface area contributed by atoms with Crippen LogP contribution in [-0.2, 0) is 15.6 Å². The second kappa shape index (κ2) is 6.50. The molecule has 5 heteroatoms. The SMILES string of the molecule is CC(C)Oc1ccccc1CS(=O)(=O)c1ccc(Cl)cc1. The molecule has 0 saturated heterocycles. The zero-order valence-corrected chi connectivity index (χ0v) is 13.5. The highest BCUT2D eigenvalue weighted by atomic mass is 35.5. The third-order valence-corrected chi connectivity index (χ3v) is 4.79. The molecule has 21 heavy (non-hydrogen) atoms. The van der Waals surface area contributed by atoms with Gasteiger partial charge in [0.2, 0.25) is 0 Å². The third kappa shape index (κ3) is 4.22. The van der Waals surface area contributed by atoms with Gasteiger partial charge in [0, 0.05) is 10.6 Å². The van der Waals surface area contributed by atoms with Crippen molar-refractivity contribution < 1.29 is 13.2 Å². The van der Waals surface area contributed by atoms with Crippen LogP contribution in [0.2, 0.25) is 5.02 Å². The Bertz CT molecular complexity index is 707. The molecule has 0 unspecified atom stereocenters. The second-order valence-corrected chi connectivity index (χ2v) is 7.41. The summed E-state index contributed by atoms with van der Waals surface area (Å²) in [5.74, 6) is 0.502. The minimum Gasteiger partial charge on any atom is -0.491 e. The molecule has 0 atom stereocenters. The average molecular weight is 325 g/mol. The predicted octanol–water partition coefficient (Wildman–Crippen LogP) is 4.10. The minimum absolute atomic E-state index is 0.00983. The highest BCUT2D eigenvalue weighted by Gasteiger charge is 2.18. The van der Waals surface area contributed by atoms with E-state index in [0.717, 1.165) is 0 Å². The van der Waals surface area contributed by atoms with E-state index in [9.17, 15) is 8.42 Å². The van der Waals surface area contributed by atoms with E-state index in [1.807, 2.05) is 19.9 Å². The van der Waals surface area contributed by atoms with Gasteiger partial charge in [-0.05, 0) is 44.2 Å². The van der Waals surface area contributed by atoms with Gasteiger partial charge in [-0.3, -0.25) is 0 Å². The van der Waals surface area contributed by atoms with Gasteiger partial charge in [0.25, 0.3) is 0 Å². The summed E-state index contributed by atoms with van der Waals surface area (Å²) in [5.41, 5.74) is 0.654. The zero-order valence-electron chi connectivity index (χ0n) is 11.9. The molecule has 0 amide bonds. The molecule has 2 aromatic carbocycles. The molecule has 0 N–H and O–H groups in total. The van der Waals surface area contributed by atoms with Crippen molar-refractivity contribution in [3.8, 4) is 5.75 Å². The summed E-state index contributed by atoms with van der Waals surface area (Å²) in [4.78, 5) is 0.256. The molecule has 0 aliphatic rings. The Morgan fingerprint density at radius 1 is 1.05 bits per heavy atom. The van der Waals surface area contributed by atoms with E-state index in [2.05, 4.69) is 0 Å². The van der Waals surface area contributed by atoms with Crippen LogP contribution in [-0.4, -0.2) is 14.5 Å². The summed E-state index contributed by atoms with van der Waals surface area (Å²) in [6.45, 7) is 3.81. The fourth-order valence-electron chi connectivity index (χ4n) is 1.92. The Balaban J connectivity index is 2.30. The maximum absolute atomic E-state index is 12.5. The fraction of sp³-hybridized carbons (Fsp3) is 0.250. The number of ether oxygens (including phenoxy) is 1. The van der Waals surface area contributed by atoms with E-state index < -0.39 is 9.84 Å². The lowest BCUT2D eigenvalue weighted by Crippen LogP contribution is -2.10. The lowest BCUT2D eigenvalue weighted by molar-refractivity contribution is 0.240. The van der Waals surface area contributed by atoms with E-state index in [1.54, 1.807) is 30.3 Å². The van der Waals surface area contributed by atoms with Crippen molar-refractivity contribution in [1.82, 2.24) is 0 Å². The van der Waals surface area contributed by atoms with E-state index >= 15 is 0 Å². The first-order valence-corrected chi connectivity index (χ1v) is 8.64.